The number of rotatable bonds is 9. The molecule has 1 rings (SSSR count). The molecule has 132 valence electrons. The molecular formula is C16H25ClF2N2O2. The lowest BCUT2D eigenvalue weighted by molar-refractivity contribution is -0.122. The molecule has 4 nitrogen and oxygen atoms in total. The predicted octanol–water partition coefficient (Wildman–Crippen LogP) is 3.04. The van der Waals surface area contributed by atoms with E-state index in [1.165, 1.54) is 6.07 Å². The molecule has 1 amide bonds. The van der Waals surface area contributed by atoms with Crippen LogP contribution in [-0.4, -0.2) is 25.1 Å². The number of nitrogens with one attached hydrogen (secondary N) is 1. The molecule has 0 aliphatic heterocycles. The standard InChI is InChI=1S/C16H24F2N2O2.ClH/c1-11(2)8-13(10-19)20-16(21)4-3-7-22-15-6-5-12(17)9-14(15)18;/h5-6,9,11,13H,3-4,7-8,10,19H2,1-2H3,(H,20,21);1H. The third-order valence-corrected chi connectivity index (χ3v) is 3.11. The maximum atomic E-state index is 13.3. The minimum absolute atomic E-state index is 0. The Bertz CT molecular complexity index is 487. The first kappa shape index (κ1) is 21.6. The topological polar surface area (TPSA) is 64.3 Å². The van der Waals surface area contributed by atoms with Crippen LogP contribution in [0.2, 0.25) is 0 Å². The van der Waals surface area contributed by atoms with Crippen LogP contribution in [0.4, 0.5) is 8.78 Å². The van der Waals surface area contributed by atoms with Gasteiger partial charge in [-0.1, -0.05) is 13.8 Å². The maximum Gasteiger partial charge on any atom is 0.220 e. The van der Waals surface area contributed by atoms with Gasteiger partial charge in [0.05, 0.1) is 6.61 Å². The van der Waals surface area contributed by atoms with Crippen molar-refractivity contribution in [1.29, 1.82) is 0 Å². The monoisotopic (exact) mass is 350 g/mol. The molecule has 0 saturated heterocycles. The third kappa shape index (κ3) is 8.71. The van der Waals surface area contributed by atoms with Crippen molar-refractivity contribution < 1.29 is 18.3 Å². The molecule has 1 aromatic rings. The summed E-state index contributed by atoms with van der Waals surface area (Å²) >= 11 is 0. The summed E-state index contributed by atoms with van der Waals surface area (Å²) in [5.41, 5.74) is 5.62. The maximum absolute atomic E-state index is 13.3. The molecule has 1 unspecified atom stereocenters. The first-order valence-electron chi connectivity index (χ1n) is 7.49. The second-order valence-corrected chi connectivity index (χ2v) is 5.66. The SMILES string of the molecule is CC(C)CC(CN)NC(=O)CCCOc1ccc(F)cc1F.Cl. The van der Waals surface area contributed by atoms with E-state index in [-0.39, 0.29) is 43.1 Å². The van der Waals surface area contributed by atoms with Crippen LogP contribution >= 0.6 is 12.4 Å². The van der Waals surface area contributed by atoms with Crippen molar-refractivity contribution in [3.63, 3.8) is 0 Å². The zero-order valence-corrected chi connectivity index (χ0v) is 14.3. The highest BCUT2D eigenvalue weighted by Gasteiger charge is 2.12. The number of hydrogen-bond donors (Lipinski definition) is 2. The summed E-state index contributed by atoms with van der Waals surface area (Å²) in [7, 11) is 0. The summed E-state index contributed by atoms with van der Waals surface area (Å²) in [6.07, 6.45) is 1.55. The van der Waals surface area contributed by atoms with Crippen molar-refractivity contribution in [3.8, 4) is 5.75 Å². The minimum Gasteiger partial charge on any atom is -0.491 e. The van der Waals surface area contributed by atoms with Gasteiger partial charge < -0.3 is 15.8 Å². The van der Waals surface area contributed by atoms with E-state index in [0.29, 0.717) is 18.9 Å². The Balaban J connectivity index is 0.00000484. The highest BCUT2D eigenvalue weighted by Crippen LogP contribution is 2.17. The van der Waals surface area contributed by atoms with E-state index in [0.717, 1.165) is 18.6 Å². The molecule has 23 heavy (non-hydrogen) atoms. The van der Waals surface area contributed by atoms with Gasteiger partial charge in [-0.25, -0.2) is 8.78 Å². The first-order valence-corrected chi connectivity index (χ1v) is 7.49. The van der Waals surface area contributed by atoms with Crippen LogP contribution in [0.3, 0.4) is 0 Å². The Morgan fingerprint density at radius 2 is 2.04 bits per heavy atom. The summed E-state index contributed by atoms with van der Waals surface area (Å²) in [6.45, 7) is 4.73. The average molecular weight is 351 g/mol. The third-order valence-electron chi connectivity index (χ3n) is 3.11. The first-order chi connectivity index (χ1) is 10.4. The molecule has 0 saturated carbocycles. The number of carbonyl (C=O) groups excluding carboxylic acids is 1. The minimum atomic E-state index is -0.746. The molecule has 0 aromatic heterocycles. The summed E-state index contributed by atoms with van der Waals surface area (Å²) in [4.78, 5) is 11.8. The van der Waals surface area contributed by atoms with Crippen LogP contribution in [0, 0.1) is 17.6 Å². The number of hydrogen-bond acceptors (Lipinski definition) is 3. The van der Waals surface area contributed by atoms with Gasteiger partial charge >= 0.3 is 0 Å². The fraction of sp³-hybridized carbons (Fsp3) is 0.562. The zero-order chi connectivity index (χ0) is 16.5. The van der Waals surface area contributed by atoms with E-state index >= 15 is 0 Å². The Labute approximate surface area is 142 Å². The molecule has 1 aromatic carbocycles. The van der Waals surface area contributed by atoms with E-state index in [2.05, 4.69) is 19.2 Å². The smallest absolute Gasteiger partial charge is 0.220 e. The number of ether oxygens (including phenoxy) is 1. The van der Waals surface area contributed by atoms with E-state index < -0.39 is 11.6 Å². The highest BCUT2D eigenvalue weighted by atomic mass is 35.5. The Hall–Kier alpha value is -1.40. The lowest BCUT2D eigenvalue weighted by Crippen LogP contribution is -2.41. The summed E-state index contributed by atoms with van der Waals surface area (Å²) in [5, 5.41) is 2.87. The predicted molar refractivity (Wildman–Crippen MR) is 88.8 cm³/mol. The number of benzene rings is 1. The van der Waals surface area contributed by atoms with Gasteiger partial charge in [-0.15, -0.1) is 12.4 Å². The number of nitrogens with two attached hydrogens (primary N) is 1. The normalized spacial score (nSPS) is 11.7. The molecule has 0 fully saturated rings. The van der Waals surface area contributed by atoms with E-state index in [9.17, 15) is 13.6 Å². The number of amides is 1. The van der Waals surface area contributed by atoms with Crippen LogP contribution in [0.25, 0.3) is 0 Å². The van der Waals surface area contributed by atoms with Gasteiger partial charge in [0.2, 0.25) is 5.91 Å². The molecule has 1 atom stereocenters. The Morgan fingerprint density at radius 3 is 2.61 bits per heavy atom. The highest BCUT2D eigenvalue weighted by molar-refractivity contribution is 5.85. The molecule has 0 heterocycles. The average Bonchev–Trinajstić information content (AvgIpc) is 2.44. The second-order valence-electron chi connectivity index (χ2n) is 5.66. The van der Waals surface area contributed by atoms with Crippen molar-refractivity contribution in [1.82, 2.24) is 5.32 Å². The largest absolute Gasteiger partial charge is 0.491 e. The van der Waals surface area contributed by atoms with Crippen molar-refractivity contribution in [2.75, 3.05) is 13.2 Å². The van der Waals surface area contributed by atoms with Crippen LogP contribution in [-0.2, 0) is 4.79 Å². The molecule has 3 N–H and O–H groups in total. The van der Waals surface area contributed by atoms with Gasteiger partial charge in [0, 0.05) is 25.1 Å². The fourth-order valence-electron chi connectivity index (χ4n) is 2.09. The van der Waals surface area contributed by atoms with Gasteiger partial charge in [0.15, 0.2) is 11.6 Å². The van der Waals surface area contributed by atoms with E-state index in [4.69, 9.17) is 10.5 Å². The van der Waals surface area contributed by atoms with Crippen molar-refractivity contribution in [3.05, 3.63) is 29.8 Å². The summed E-state index contributed by atoms with van der Waals surface area (Å²) in [5.74, 6) is -1.05. The van der Waals surface area contributed by atoms with Crippen LogP contribution in [0.5, 0.6) is 5.75 Å². The molecular weight excluding hydrogens is 326 g/mol. The number of halogens is 3. The van der Waals surface area contributed by atoms with Crippen molar-refractivity contribution in [2.24, 2.45) is 11.7 Å². The fourth-order valence-corrected chi connectivity index (χ4v) is 2.09. The van der Waals surface area contributed by atoms with Crippen molar-refractivity contribution >= 4 is 18.3 Å². The molecule has 0 spiro atoms. The van der Waals surface area contributed by atoms with Gasteiger partial charge in [-0.3, -0.25) is 4.79 Å². The summed E-state index contributed by atoms with van der Waals surface area (Å²) < 4.78 is 31.2. The van der Waals surface area contributed by atoms with Gasteiger partial charge in [0.25, 0.3) is 0 Å². The van der Waals surface area contributed by atoms with E-state index in [1.807, 2.05) is 0 Å². The summed E-state index contributed by atoms with van der Waals surface area (Å²) in [6, 6.07) is 3.10. The molecule has 0 radical (unpaired) electrons. The lowest BCUT2D eigenvalue weighted by Gasteiger charge is -2.18. The Morgan fingerprint density at radius 1 is 1.35 bits per heavy atom. The number of carbonyl (C=O) groups is 1. The second kappa shape index (κ2) is 11.2. The quantitative estimate of drug-likeness (QED) is 0.673. The van der Waals surface area contributed by atoms with Crippen LogP contribution in [0.15, 0.2) is 18.2 Å². The Kier molecular flexibility index (Phi) is 10.5. The zero-order valence-electron chi connectivity index (χ0n) is 13.5. The van der Waals surface area contributed by atoms with Gasteiger partial charge in [-0.05, 0) is 30.9 Å². The molecule has 0 aliphatic rings. The molecule has 0 aliphatic carbocycles. The van der Waals surface area contributed by atoms with Crippen LogP contribution < -0.4 is 15.8 Å². The molecule has 0 bridgehead atoms. The van der Waals surface area contributed by atoms with Crippen molar-refractivity contribution in [2.45, 2.75) is 39.2 Å². The van der Waals surface area contributed by atoms with E-state index in [1.54, 1.807) is 0 Å². The van der Waals surface area contributed by atoms with Gasteiger partial charge in [-0.2, -0.15) is 0 Å². The van der Waals surface area contributed by atoms with Gasteiger partial charge in [0.1, 0.15) is 5.82 Å². The van der Waals surface area contributed by atoms with Crippen LogP contribution in [0.1, 0.15) is 33.1 Å². The molecule has 7 heteroatoms. The lowest BCUT2D eigenvalue weighted by atomic mass is 10.0.